The van der Waals surface area contributed by atoms with E-state index in [1.165, 1.54) is 17.8 Å². The van der Waals surface area contributed by atoms with Crippen molar-refractivity contribution in [2.75, 3.05) is 18.8 Å². The maximum absolute atomic E-state index is 11.6. The van der Waals surface area contributed by atoms with Crippen LogP contribution in [-0.2, 0) is 9.59 Å². The van der Waals surface area contributed by atoms with E-state index in [1.54, 1.807) is 4.90 Å². The molecular weight excluding hydrogens is 200 g/mol. The van der Waals surface area contributed by atoms with E-state index in [9.17, 15) is 9.59 Å². The lowest BCUT2D eigenvalue weighted by Gasteiger charge is -2.16. The lowest BCUT2D eigenvalue weighted by atomic mass is 10.4. The molecule has 5 heteroatoms. The second kappa shape index (κ2) is 5.05. The summed E-state index contributed by atoms with van der Waals surface area (Å²) < 4.78 is 0. The van der Waals surface area contributed by atoms with Crippen LogP contribution in [0.1, 0.15) is 13.8 Å². The average Bonchev–Trinajstić information content (AvgIpc) is 2.53. The van der Waals surface area contributed by atoms with Gasteiger partial charge in [0.2, 0.25) is 11.8 Å². The number of carbonyl (C=O) groups is 2. The topological polar surface area (TPSA) is 49.4 Å². The molecule has 2 amide bonds. The summed E-state index contributed by atoms with van der Waals surface area (Å²) in [6.45, 7) is 5.25. The van der Waals surface area contributed by atoms with Gasteiger partial charge < -0.3 is 10.2 Å². The first-order valence-electron chi connectivity index (χ1n) is 4.60. The van der Waals surface area contributed by atoms with E-state index < -0.39 is 0 Å². The molecule has 0 unspecified atom stereocenters. The number of nitrogens with one attached hydrogen (secondary N) is 1. The summed E-state index contributed by atoms with van der Waals surface area (Å²) in [7, 11) is 0. The highest BCUT2D eigenvalue weighted by Crippen LogP contribution is 2.18. The molecule has 1 aliphatic heterocycles. The third-order valence-electron chi connectivity index (χ3n) is 1.95. The summed E-state index contributed by atoms with van der Waals surface area (Å²) in [5.74, 6) is 0.338. The van der Waals surface area contributed by atoms with Crippen LogP contribution in [0.2, 0.25) is 0 Å². The molecule has 1 N–H and O–H groups in total. The fourth-order valence-corrected chi connectivity index (χ4v) is 1.90. The van der Waals surface area contributed by atoms with Gasteiger partial charge in [-0.3, -0.25) is 9.59 Å². The van der Waals surface area contributed by atoms with Crippen LogP contribution in [0, 0.1) is 0 Å². The summed E-state index contributed by atoms with van der Waals surface area (Å²) in [6.07, 6.45) is 1.49. The van der Waals surface area contributed by atoms with E-state index in [4.69, 9.17) is 0 Å². The molecule has 14 heavy (non-hydrogen) atoms. The lowest BCUT2D eigenvalue weighted by Crippen LogP contribution is -2.29. The molecule has 1 fully saturated rings. The average molecular weight is 214 g/mol. The first-order chi connectivity index (χ1) is 6.67. The Balaban J connectivity index is 2.58. The lowest BCUT2D eigenvalue weighted by molar-refractivity contribution is -0.125. The Labute approximate surface area is 87.7 Å². The zero-order valence-electron chi connectivity index (χ0n) is 8.37. The van der Waals surface area contributed by atoms with Crippen LogP contribution in [0.4, 0.5) is 0 Å². The zero-order valence-corrected chi connectivity index (χ0v) is 9.19. The van der Waals surface area contributed by atoms with Crippen LogP contribution in [0.25, 0.3) is 0 Å². The van der Waals surface area contributed by atoms with E-state index in [0.717, 1.165) is 0 Å². The minimum atomic E-state index is -0.0419. The Morgan fingerprint density at radius 2 is 2.21 bits per heavy atom. The second-order valence-corrected chi connectivity index (χ2v) is 3.87. The van der Waals surface area contributed by atoms with Gasteiger partial charge in [0.15, 0.2) is 0 Å². The number of hydrogen-bond donors (Lipinski definition) is 1. The van der Waals surface area contributed by atoms with Crippen molar-refractivity contribution in [3.05, 3.63) is 11.1 Å². The highest BCUT2D eigenvalue weighted by Gasteiger charge is 2.17. The van der Waals surface area contributed by atoms with Crippen molar-refractivity contribution < 1.29 is 9.59 Å². The van der Waals surface area contributed by atoms with Gasteiger partial charge in [-0.25, -0.2) is 0 Å². The molecule has 1 saturated heterocycles. The molecule has 4 nitrogen and oxygen atoms in total. The van der Waals surface area contributed by atoms with Gasteiger partial charge in [-0.15, -0.1) is 0 Å². The first kappa shape index (κ1) is 11.1. The number of hydrogen-bond acceptors (Lipinski definition) is 3. The van der Waals surface area contributed by atoms with Crippen LogP contribution in [0.3, 0.4) is 0 Å². The minimum Gasteiger partial charge on any atom is -0.340 e. The Bertz CT molecular complexity index is 272. The number of carbonyl (C=O) groups excluding carboxylic acids is 2. The fraction of sp³-hybridized carbons (Fsp3) is 0.556. The van der Waals surface area contributed by atoms with Gasteiger partial charge >= 0.3 is 0 Å². The van der Waals surface area contributed by atoms with Crippen molar-refractivity contribution in [3.63, 3.8) is 0 Å². The molecule has 1 rings (SSSR count). The molecule has 1 aliphatic rings. The Hall–Kier alpha value is -0.970. The van der Waals surface area contributed by atoms with Crippen LogP contribution in [0.5, 0.6) is 0 Å². The molecule has 0 aromatic carbocycles. The van der Waals surface area contributed by atoms with Crippen LogP contribution < -0.4 is 5.32 Å². The maximum atomic E-state index is 11.6. The third-order valence-corrected chi connectivity index (χ3v) is 2.89. The van der Waals surface area contributed by atoms with Crippen LogP contribution in [-0.4, -0.2) is 35.6 Å². The van der Waals surface area contributed by atoms with Gasteiger partial charge in [0.25, 0.3) is 0 Å². The van der Waals surface area contributed by atoms with E-state index in [0.29, 0.717) is 23.9 Å². The molecule has 0 saturated carbocycles. The van der Waals surface area contributed by atoms with Crippen molar-refractivity contribution in [1.82, 2.24) is 10.2 Å². The molecule has 0 radical (unpaired) electrons. The summed E-state index contributed by atoms with van der Waals surface area (Å²) >= 11 is 1.37. The largest absolute Gasteiger partial charge is 0.340 e. The molecule has 78 valence electrons. The minimum absolute atomic E-state index is 0.0337. The number of likely N-dealkylation sites (N-methyl/N-ethyl adjacent to an activating group) is 1. The van der Waals surface area contributed by atoms with Crippen molar-refractivity contribution in [2.24, 2.45) is 0 Å². The molecule has 0 bridgehead atoms. The van der Waals surface area contributed by atoms with Crippen LogP contribution in [0.15, 0.2) is 11.1 Å². The summed E-state index contributed by atoms with van der Waals surface area (Å²) in [5, 5.41) is 3.28. The zero-order chi connectivity index (χ0) is 10.6. The molecule has 0 spiro atoms. The molecule has 0 aromatic rings. The quantitative estimate of drug-likeness (QED) is 0.698. The Morgan fingerprint density at radius 3 is 2.64 bits per heavy atom. The number of amides is 2. The molecule has 0 aromatic heterocycles. The normalized spacial score (nSPS) is 18.4. The maximum Gasteiger partial charge on any atom is 0.249 e. The van der Waals surface area contributed by atoms with Crippen molar-refractivity contribution in [2.45, 2.75) is 13.8 Å². The van der Waals surface area contributed by atoms with Gasteiger partial charge in [0, 0.05) is 19.2 Å². The van der Waals surface area contributed by atoms with E-state index in [-0.39, 0.29) is 11.8 Å². The van der Waals surface area contributed by atoms with Crippen molar-refractivity contribution >= 4 is 23.6 Å². The highest BCUT2D eigenvalue weighted by molar-refractivity contribution is 8.04. The van der Waals surface area contributed by atoms with Crippen LogP contribution >= 0.6 is 11.8 Å². The third kappa shape index (κ3) is 2.77. The summed E-state index contributed by atoms with van der Waals surface area (Å²) in [4.78, 5) is 24.1. The van der Waals surface area contributed by atoms with Crippen molar-refractivity contribution in [3.8, 4) is 0 Å². The molecule has 0 atom stereocenters. The van der Waals surface area contributed by atoms with E-state index in [2.05, 4.69) is 5.32 Å². The predicted molar refractivity (Wildman–Crippen MR) is 56.6 cm³/mol. The molecular formula is C9H14N2O2S. The van der Waals surface area contributed by atoms with Gasteiger partial charge in [-0.05, 0) is 13.8 Å². The standard InChI is InChI=1S/C9H14N2O2S/c1-3-11(4-2)9(13)5-8-10-7(12)6-14-8/h5H,3-4,6H2,1-2H3,(H,10,12)/b8-5-. The van der Waals surface area contributed by atoms with E-state index >= 15 is 0 Å². The predicted octanol–water partition coefficient (Wildman–Crippen LogP) is 0.559. The van der Waals surface area contributed by atoms with Gasteiger partial charge in [-0.2, -0.15) is 0 Å². The number of rotatable bonds is 3. The van der Waals surface area contributed by atoms with Crippen molar-refractivity contribution in [1.29, 1.82) is 0 Å². The monoisotopic (exact) mass is 214 g/mol. The van der Waals surface area contributed by atoms with Gasteiger partial charge in [0.05, 0.1) is 10.8 Å². The highest BCUT2D eigenvalue weighted by atomic mass is 32.2. The second-order valence-electron chi connectivity index (χ2n) is 2.86. The SMILES string of the molecule is CCN(CC)C(=O)/C=C1/NC(=O)CS1. The Morgan fingerprint density at radius 1 is 1.57 bits per heavy atom. The molecule has 1 heterocycles. The Kier molecular flexibility index (Phi) is 4.00. The number of thioether (sulfide) groups is 1. The first-order valence-corrected chi connectivity index (χ1v) is 5.59. The molecule has 0 aliphatic carbocycles. The number of nitrogens with zero attached hydrogens (tertiary/aromatic N) is 1. The van der Waals surface area contributed by atoms with Gasteiger partial charge in [-0.1, -0.05) is 11.8 Å². The summed E-state index contributed by atoms with van der Waals surface area (Å²) in [5.41, 5.74) is 0. The fourth-order valence-electron chi connectivity index (χ4n) is 1.17. The van der Waals surface area contributed by atoms with E-state index in [1.807, 2.05) is 13.8 Å². The summed E-state index contributed by atoms with van der Waals surface area (Å²) in [6, 6.07) is 0. The smallest absolute Gasteiger partial charge is 0.249 e. The van der Waals surface area contributed by atoms with Gasteiger partial charge in [0.1, 0.15) is 0 Å².